The van der Waals surface area contributed by atoms with Crippen LogP contribution in [0.4, 0.5) is 11.4 Å². The Balaban J connectivity index is 1.81. The first-order valence-corrected chi connectivity index (χ1v) is 7.93. The Hall–Kier alpha value is -2.04. The molecule has 0 atom stereocenters. The molecule has 0 unspecified atom stereocenters. The number of hydrogen-bond acceptors (Lipinski definition) is 2. The second-order valence-corrected chi connectivity index (χ2v) is 6.82. The molecule has 0 aromatic heterocycles. The van der Waals surface area contributed by atoms with Crippen molar-refractivity contribution in [1.82, 2.24) is 0 Å². The number of fused-ring (bicyclic) bond motifs is 2. The van der Waals surface area contributed by atoms with Gasteiger partial charge in [-0.25, -0.2) is 0 Å². The summed E-state index contributed by atoms with van der Waals surface area (Å²) < 4.78 is 0. The lowest BCUT2D eigenvalue weighted by molar-refractivity contribution is -0.138. The topological polar surface area (TPSA) is 58.2 Å². The molecule has 6 heteroatoms. The Kier molecular flexibility index (Phi) is 3.15. The van der Waals surface area contributed by atoms with Crippen molar-refractivity contribution in [3.8, 4) is 0 Å². The summed E-state index contributed by atoms with van der Waals surface area (Å²) in [4.78, 5) is 25.4. The lowest BCUT2D eigenvalue weighted by atomic mass is 9.70. The van der Waals surface area contributed by atoms with Gasteiger partial charge in [0, 0.05) is 21.4 Å². The van der Waals surface area contributed by atoms with Crippen LogP contribution in [0.1, 0.15) is 11.1 Å². The minimum absolute atomic E-state index is 0.296. The maximum absolute atomic E-state index is 12.7. The van der Waals surface area contributed by atoms with Crippen molar-refractivity contribution in [3.63, 3.8) is 0 Å². The molecule has 0 bridgehead atoms. The zero-order valence-corrected chi connectivity index (χ0v) is 13.5. The fourth-order valence-corrected chi connectivity index (χ4v) is 3.67. The van der Waals surface area contributed by atoms with E-state index in [1.165, 1.54) is 0 Å². The highest BCUT2D eigenvalue weighted by Gasteiger charge is 2.51. The first-order chi connectivity index (χ1) is 11.0. The smallest absolute Gasteiger partial charge is 0.240 e. The molecule has 0 fully saturated rings. The van der Waals surface area contributed by atoms with Gasteiger partial charge in [0.25, 0.3) is 0 Å². The third-order valence-electron chi connectivity index (χ3n) is 4.48. The number of amides is 2. The van der Waals surface area contributed by atoms with Crippen LogP contribution in [0.15, 0.2) is 36.4 Å². The van der Waals surface area contributed by atoms with E-state index in [2.05, 4.69) is 10.6 Å². The average molecular weight is 347 g/mol. The molecule has 2 heterocycles. The zero-order chi connectivity index (χ0) is 16.2. The van der Waals surface area contributed by atoms with Gasteiger partial charge in [0.1, 0.15) is 5.41 Å². The first-order valence-electron chi connectivity index (χ1n) is 7.18. The van der Waals surface area contributed by atoms with Crippen LogP contribution in [0, 0.1) is 5.41 Å². The van der Waals surface area contributed by atoms with Gasteiger partial charge in [-0.3, -0.25) is 9.59 Å². The highest BCUT2D eigenvalue weighted by atomic mass is 35.5. The van der Waals surface area contributed by atoms with Gasteiger partial charge in [-0.05, 0) is 60.4 Å². The molecule has 0 radical (unpaired) electrons. The van der Waals surface area contributed by atoms with Gasteiger partial charge in [-0.15, -0.1) is 0 Å². The van der Waals surface area contributed by atoms with E-state index in [-0.39, 0.29) is 11.8 Å². The third kappa shape index (κ3) is 2.21. The van der Waals surface area contributed by atoms with Crippen molar-refractivity contribution in [2.45, 2.75) is 12.8 Å². The predicted octanol–water partition coefficient (Wildman–Crippen LogP) is 3.67. The summed E-state index contributed by atoms with van der Waals surface area (Å²) in [6.45, 7) is 0. The van der Waals surface area contributed by atoms with Crippen LogP contribution in [0.5, 0.6) is 0 Å². The second kappa shape index (κ2) is 4.98. The van der Waals surface area contributed by atoms with Crippen molar-refractivity contribution >= 4 is 46.4 Å². The van der Waals surface area contributed by atoms with E-state index < -0.39 is 5.41 Å². The van der Waals surface area contributed by atoms with Crippen molar-refractivity contribution in [1.29, 1.82) is 0 Å². The lowest BCUT2D eigenvalue weighted by Crippen LogP contribution is -2.53. The third-order valence-corrected chi connectivity index (χ3v) is 4.95. The molecule has 2 aliphatic rings. The van der Waals surface area contributed by atoms with Gasteiger partial charge in [0.2, 0.25) is 11.8 Å². The number of carbonyl (C=O) groups excluding carboxylic acids is 2. The van der Waals surface area contributed by atoms with E-state index in [9.17, 15) is 9.59 Å². The van der Waals surface area contributed by atoms with Gasteiger partial charge in [0.15, 0.2) is 0 Å². The molecule has 23 heavy (non-hydrogen) atoms. The summed E-state index contributed by atoms with van der Waals surface area (Å²) >= 11 is 12.1. The Morgan fingerprint density at radius 2 is 1.22 bits per heavy atom. The molecule has 2 aromatic rings. The van der Waals surface area contributed by atoms with E-state index in [4.69, 9.17) is 23.2 Å². The van der Waals surface area contributed by atoms with E-state index in [0.29, 0.717) is 34.3 Å². The molecule has 116 valence electrons. The minimum atomic E-state index is -1.17. The van der Waals surface area contributed by atoms with Crippen molar-refractivity contribution in [3.05, 3.63) is 57.6 Å². The SMILES string of the molecule is O=C1Nc2ccc(Cl)cc2CC12Cc1cc(Cl)ccc1NC2=O. The fourth-order valence-electron chi connectivity index (χ4n) is 3.28. The molecular formula is C17H12Cl2N2O2. The Labute approximate surface area is 142 Å². The van der Waals surface area contributed by atoms with Crippen LogP contribution in [0.3, 0.4) is 0 Å². The fraction of sp³-hybridized carbons (Fsp3) is 0.176. The predicted molar refractivity (Wildman–Crippen MR) is 90.0 cm³/mol. The van der Waals surface area contributed by atoms with Crippen LogP contribution < -0.4 is 10.6 Å². The maximum atomic E-state index is 12.7. The Morgan fingerprint density at radius 3 is 1.65 bits per heavy atom. The largest absolute Gasteiger partial charge is 0.325 e. The number of rotatable bonds is 0. The summed E-state index contributed by atoms with van der Waals surface area (Å²) in [6.07, 6.45) is 0.624. The van der Waals surface area contributed by atoms with Crippen molar-refractivity contribution < 1.29 is 9.59 Å². The molecule has 0 aliphatic carbocycles. The summed E-state index contributed by atoms with van der Waals surface area (Å²) in [7, 11) is 0. The van der Waals surface area contributed by atoms with E-state index >= 15 is 0 Å². The summed E-state index contributed by atoms with van der Waals surface area (Å²) in [5.74, 6) is -0.592. The van der Waals surface area contributed by atoms with E-state index in [1.807, 2.05) is 0 Å². The number of carbonyl (C=O) groups is 2. The highest BCUT2D eigenvalue weighted by Crippen LogP contribution is 2.42. The first kappa shape index (κ1) is 14.5. The standard InChI is InChI=1S/C17H12Cl2N2O2/c18-11-1-3-13-9(5-11)7-17(15(22)20-13)8-10-6-12(19)2-4-14(10)21-16(17)23/h1-6H,7-8H2,(H,20,22)(H,21,23). The Bertz CT molecular complexity index is 792. The summed E-state index contributed by atoms with van der Waals surface area (Å²) in [6, 6.07) is 10.5. The number of benzene rings is 2. The van der Waals surface area contributed by atoms with Crippen molar-refractivity contribution in [2.24, 2.45) is 5.41 Å². The van der Waals surface area contributed by atoms with Crippen LogP contribution in [0.2, 0.25) is 10.0 Å². The van der Waals surface area contributed by atoms with Gasteiger partial charge in [-0.2, -0.15) is 0 Å². The van der Waals surface area contributed by atoms with Crippen LogP contribution in [0.25, 0.3) is 0 Å². The number of anilines is 2. The summed E-state index contributed by atoms with van der Waals surface area (Å²) in [5, 5.41) is 6.82. The van der Waals surface area contributed by atoms with Crippen molar-refractivity contribution in [2.75, 3.05) is 10.6 Å². The lowest BCUT2D eigenvalue weighted by Gasteiger charge is -2.39. The highest BCUT2D eigenvalue weighted by molar-refractivity contribution is 6.31. The number of halogens is 2. The maximum Gasteiger partial charge on any atom is 0.240 e. The molecular weight excluding hydrogens is 335 g/mol. The monoisotopic (exact) mass is 346 g/mol. The minimum Gasteiger partial charge on any atom is -0.325 e. The molecule has 2 aliphatic heterocycles. The Morgan fingerprint density at radius 1 is 0.783 bits per heavy atom. The van der Waals surface area contributed by atoms with Crippen LogP contribution >= 0.6 is 23.2 Å². The molecule has 2 N–H and O–H groups in total. The molecule has 0 saturated heterocycles. The van der Waals surface area contributed by atoms with Gasteiger partial charge in [-0.1, -0.05) is 23.2 Å². The molecule has 2 amide bonds. The second-order valence-electron chi connectivity index (χ2n) is 5.95. The average Bonchev–Trinajstić information content (AvgIpc) is 2.50. The molecule has 4 nitrogen and oxygen atoms in total. The van der Waals surface area contributed by atoms with Gasteiger partial charge in [0.05, 0.1) is 0 Å². The number of nitrogens with one attached hydrogen (secondary N) is 2. The summed E-state index contributed by atoms with van der Waals surface area (Å²) in [5.41, 5.74) is 1.95. The van der Waals surface area contributed by atoms with E-state index in [1.54, 1.807) is 36.4 Å². The molecule has 2 aromatic carbocycles. The van der Waals surface area contributed by atoms with Gasteiger partial charge >= 0.3 is 0 Å². The van der Waals surface area contributed by atoms with Crippen LogP contribution in [-0.4, -0.2) is 11.8 Å². The van der Waals surface area contributed by atoms with Gasteiger partial charge < -0.3 is 10.6 Å². The normalized spacial score (nSPS) is 18.0. The molecule has 4 rings (SSSR count). The molecule has 1 spiro atoms. The quantitative estimate of drug-likeness (QED) is 0.715. The zero-order valence-electron chi connectivity index (χ0n) is 12.0. The van der Waals surface area contributed by atoms with E-state index in [0.717, 1.165) is 11.1 Å². The molecule has 0 saturated carbocycles. The van der Waals surface area contributed by atoms with Crippen LogP contribution in [-0.2, 0) is 22.4 Å². The number of hydrogen-bond donors (Lipinski definition) is 2.